The zero-order valence-corrected chi connectivity index (χ0v) is 9.88. The van der Waals surface area contributed by atoms with Gasteiger partial charge < -0.3 is 17.0 Å². The second-order valence-corrected chi connectivity index (χ2v) is 4.19. The molecule has 0 fully saturated rings. The van der Waals surface area contributed by atoms with Gasteiger partial charge in [-0.15, -0.1) is 0 Å². The average Bonchev–Trinajstić information content (AvgIpc) is 2.65. The Hall–Kier alpha value is -0.610. The highest BCUT2D eigenvalue weighted by Crippen LogP contribution is 2.26. The fourth-order valence-corrected chi connectivity index (χ4v) is 2.78. The molecule has 1 aromatic carbocycles. The van der Waals surface area contributed by atoms with E-state index in [0.29, 0.717) is 0 Å². The van der Waals surface area contributed by atoms with Crippen LogP contribution in [0.5, 0.6) is 0 Å². The summed E-state index contributed by atoms with van der Waals surface area (Å²) in [6, 6.07) is 8.32. The molecular weight excluding hydrogens is 260 g/mol. The van der Waals surface area contributed by atoms with Crippen LogP contribution in [0.25, 0.3) is 10.9 Å². The van der Waals surface area contributed by atoms with Crippen molar-refractivity contribution in [3.63, 3.8) is 0 Å². The van der Waals surface area contributed by atoms with Crippen molar-refractivity contribution in [3.05, 3.63) is 30.6 Å². The molecule has 3 rings (SSSR count). The highest BCUT2D eigenvalue weighted by molar-refractivity contribution is 7.99. The number of benzene rings is 1. The van der Waals surface area contributed by atoms with E-state index in [2.05, 4.69) is 27.8 Å². The maximum absolute atomic E-state index is 4.40. The summed E-state index contributed by atoms with van der Waals surface area (Å²) in [5.41, 5.74) is 1.10. The smallest absolute Gasteiger partial charge is 0.287 e. The van der Waals surface area contributed by atoms with Crippen LogP contribution in [-0.2, 0) is 6.54 Å². The number of para-hydroxylation sites is 1. The fraction of sp³-hybridized carbons (Fsp3) is 0.200. The molecule has 2 aromatic rings. The van der Waals surface area contributed by atoms with Crippen LogP contribution in [-0.4, -0.2) is 10.7 Å². The second-order valence-electron chi connectivity index (χ2n) is 3.11. The standard InChI is InChI=1S/C10H9N2S.BrH/c1-2-4-9-8(3-1)10-12(7-11-9)5-6-13-10;/h1-4,7H,5-6H2;1H/q+1;/p-1. The number of rotatable bonds is 0. The first-order valence-electron chi connectivity index (χ1n) is 4.35. The third-order valence-electron chi connectivity index (χ3n) is 2.30. The highest BCUT2D eigenvalue weighted by Gasteiger charge is 2.19. The van der Waals surface area contributed by atoms with Gasteiger partial charge in [0.1, 0.15) is 6.54 Å². The van der Waals surface area contributed by atoms with Crippen LogP contribution < -0.4 is 21.5 Å². The monoisotopic (exact) mass is 268 g/mol. The quantitative estimate of drug-likeness (QED) is 0.434. The lowest BCUT2D eigenvalue weighted by Gasteiger charge is -1.96. The van der Waals surface area contributed by atoms with Crippen molar-refractivity contribution in [1.29, 1.82) is 0 Å². The molecule has 2 heterocycles. The molecule has 0 radical (unpaired) electrons. The molecule has 0 spiro atoms. The second kappa shape index (κ2) is 3.87. The topological polar surface area (TPSA) is 16.8 Å². The summed E-state index contributed by atoms with van der Waals surface area (Å²) in [5.74, 6) is 1.18. The SMILES string of the molecule is [Br-].c1ccc2c3[n+](cnc2c1)CCS3. The van der Waals surface area contributed by atoms with Crippen LogP contribution in [0.1, 0.15) is 0 Å². The van der Waals surface area contributed by atoms with E-state index in [0.717, 1.165) is 12.1 Å². The Bertz CT molecular complexity index is 473. The maximum atomic E-state index is 4.40. The Morgan fingerprint density at radius 3 is 3.07 bits per heavy atom. The molecule has 1 aliphatic heterocycles. The molecule has 0 saturated heterocycles. The Morgan fingerprint density at radius 2 is 2.14 bits per heavy atom. The van der Waals surface area contributed by atoms with Crippen molar-refractivity contribution in [3.8, 4) is 0 Å². The normalized spacial score (nSPS) is 13.7. The minimum Gasteiger partial charge on any atom is -1.00 e. The van der Waals surface area contributed by atoms with Gasteiger partial charge in [-0.2, -0.15) is 0 Å². The van der Waals surface area contributed by atoms with Gasteiger partial charge in [0.25, 0.3) is 6.33 Å². The van der Waals surface area contributed by atoms with Crippen molar-refractivity contribution in [2.75, 3.05) is 5.75 Å². The summed E-state index contributed by atoms with van der Waals surface area (Å²) >= 11 is 1.92. The van der Waals surface area contributed by atoms with E-state index in [1.165, 1.54) is 16.2 Å². The highest BCUT2D eigenvalue weighted by atomic mass is 79.9. The molecule has 0 saturated carbocycles. The van der Waals surface area contributed by atoms with Crippen molar-refractivity contribution in [1.82, 2.24) is 4.98 Å². The van der Waals surface area contributed by atoms with E-state index in [4.69, 9.17) is 0 Å². The molecule has 14 heavy (non-hydrogen) atoms. The van der Waals surface area contributed by atoms with Crippen molar-refractivity contribution in [2.45, 2.75) is 11.6 Å². The van der Waals surface area contributed by atoms with E-state index >= 15 is 0 Å². The van der Waals surface area contributed by atoms with Gasteiger partial charge in [-0.3, -0.25) is 0 Å². The largest absolute Gasteiger partial charge is 1.00 e. The van der Waals surface area contributed by atoms with Crippen LogP contribution in [0, 0.1) is 0 Å². The van der Waals surface area contributed by atoms with Gasteiger partial charge in [0.2, 0.25) is 0 Å². The summed E-state index contributed by atoms with van der Waals surface area (Å²) in [5, 5.41) is 2.65. The first-order valence-corrected chi connectivity index (χ1v) is 5.34. The number of aryl methyl sites for hydroxylation is 1. The zero-order chi connectivity index (χ0) is 8.67. The van der Waals surface area contributed by atoms with Gasteiger partial charge >= 0.3 is 0 Å². The molecular formula is C10H9BrN2S. The van der Waals surface area contributed by atoms with E-state index in [1.54, 1.807) is 0 Å². The van der Waals surface area contributed by atoms with Gasteiger partial charge in [-0.1, -0.05) is 23.9 Å². The molecule has 2 nitrogen and oxygen atoms in total. The lowest BCUT2D eigenvalue weighted by molar-refractivity contribution is -0.724. The average molecular weight is 269 g/mol. The van der Waals surface area contributed by atoms with Crippen LogP contribution >= 0.6 is 11.8 Å². The third kappa shape index (κ3) is 1.42. The van der Waals surface area contributed by atoms with Crippen LogP contribution in [0.15, 0.2) is 35.6 Å². The molecule has 0 unspecified atom stereocenters. The Balaban J connectivity index is 0.000000750. The van der Waals surface area contributed by atoms with Gasteiger partial charge in [0, 0.05) is 5.75 Å². The molecule has 4 heteroatoms. The molecule has 0 amide bonds. The lowest BCUT2D eigenvalue weighted by Crippen LogP contribution is -3.00. The number of fused-ring (bicyclic) bond motifs is 3. The third-order valence-corrected chi connectivity index (χ3v) is 3.42. The Morgan fingerprint density at radius 1 is 1.29 bits per heavy atom. The first kappa shape index (κ1) is 9.93. The summed E-state index contributed by atoms with van der Waals surface area (Å²) in [7, 11) is 0. The Kier molecular flexibility index (Phi) is 2.74. The molecule has 0 bridgehead atoms. The number of thioether (sulfide) groups is 1. The maximum Gasteiger partial charge on any atom is 0.287 e. The van der Waals surface area contributed by atoms with E-state index in [1.807, 2.05) is 24.2 Å². The van der Waals surface area contributed by atoms with Crippen LogP contribution in [0.3, 0.4) is 0 Å². The minimum absolute atomic E-state index is 0. The molecule has 0 N–H and O–H groups in total. The molecule has 0 atom stereocenters. The minimum atomic E-state index is 0. The fourth-order valence-electron chi connectivity index (χ4n) is 1.67. The molecule has 1 aliphatic rings. The summed E-state index contributed by atoms with van der Waals surface area (Å²) in [6.07, 6.45) is 1.94. The number of halogens is 1. The number of hydrogen-bond donors (Lipinski definition) is 0. The summed E-state index contributed by atoms with van der Waals surface area (Å²) in [4.78, 5) is 4.40. The van der Waals surface area contributed by atoms with Crippen molar-refractivity contribution < 1.29 is 21.5 Å². The molecule has 72 valence electrons. The predicted molar refractivity (Wildman–Crippen MR) is 52.7 cm³/mol. The predicted octanol–water partition coefficient (Wildman–Crippen LogP) is -1.37. The zero-order valence-electron chi connectivity index (χ0n) is 7.48. The summed E-state index contributed by atoms with van der Waals surface area (Å²) in [6.45, 7) is 1.10. The Labute approximate surface area is 97.1 Å². The summed E-state index contributed by atoms with van der Waals surface area (Å²) < 4.78 is 2.23. The van der Waals surface area contributed by atoms with Gasteiger partial charge in [0.15, 0.2) is 10.5 Å². The number of nitrogens with zero attached hydrogens (tertiary/aromatic N) is 2. The van der Waals surface area contributed by atoms with Crippen LogP contribution in [0.4, 0.5) is 0 Å². The van der Waals surface area contributed by atoms with Crippen molar-refractivity contribution in [2.24, 2.45) is 0 Å². The first-order chi connectivity index (χ1) is 6.45. The molecule has 0 aliphatic carbocycles. The van der Waals surface area contributed by atoms with E-state index in [-0.39, 0.29) is 17.0 Å². The lowest BCUT2D eigenvalue weighted by atomic mass is 10.2. The van der Waals surface area contributed by atoms with Crippen molar-refractivity contribution >= 4 is 22.7 Å². The number of aromatic nitrogens is 2. The van der Waals surface area contributed by atoms with E-state index in [9.17, 15) is 0 Å². The van der Waals surface area contributed by atoms with Gasteiger partial charge in [0.05, 0.1) is 5.39 Å². The van der Waals surface area contributed by atoms with Gasteiger partial charge in [-0.05, 0) is 17.1 Å². The molecule has 1 aromatic heterocycles. The van der Waals surface area contributed by atoms with Gasteiger partial charge in [-0.25, -0.2) is 4.57 Å². The number of hydrogen-bond acceptors (Lipinski definition) is 2. The van der Waals surface area contributed by atoms with E-state index < -0.39 is 0 Å². The van der Waals surface area contributed by atoms with Crippen LogP contribution in [0.2, 0.25) is 0 Å².